The molecule has 0 saturated heterocycles. The Labute approximate surface area is 151 Å². The zero-order valence-electron chi connectivity index (χ0n) is 14.9. The molecule has 1 N–H and O–H groups in total. The van der Waals surface area contributed by atoms with Gasteiger partial charge in [0.05, 0.1) is 24.9 Å². The summed E-state index contributed by atoms with van der Waals surface area (Å²) in [4.78, 5) is 15.8. The van der Waals surface area contributed by atoms with Crippen molar-refractivity contribution in [3.8, 4) is 0 Å². The number of hydrogen-bond donors (Lipinski definition) is 1. The third-order valence-electron chi connectivity index (χ3n) is 5.97. The number of fused-ring (bicyclic) bond motifs is 6. The van der Waals surface area contributed by atoms with E-state index in [0.717, 1.165) is 24.0 Å². The fourth-order valence-electron chi connectivity index (χ4n) is 4.57. The molecule has 1 aromatic carbocycles. The predicted octanol–water partition coefficient (Wildman–Crippen LogP) is 2.87. The van der Waals surface area contributed by atoms with Gasteiger partial charge in [0, 0.05) is 34.7 Å². The minimum atomic E-state index is -0.288. The second-order valence-corrected chi connectivity index (χ2v) is 7.25. The molecule has 0 aliphatic carbocycles. The molecule has 26 heavy (non-hydrogen) atoms. The molecule has 5 rings (SSSR count). The fourth-order valence-corrected chi connectivity index (χ4v) is 4.57. The number of nitrogens with one attached hydrogen (secondary N) is 1. The summed E-state index contributed by atoms with van der Waals surface area (Å²) in [5.74, 6) is 0.0841. The minimum absolute atomic E-state index is 0.0764. The van der Waals surface area contributed by atoms with Crippen LogP contribution in [0, 0.1) is 11.8 Å². The molecule has 0 fully saturated rings. The Morgan fingerprint density at radius 3 is 2.96 bits per heavy atom. The van der Waals surface area contributed by atoms with Crippen molar-refractivity contribution in [2.75, 3.05) is 7.11 Å². The van der Waals surface area contributed by atoms with Crippen LogP contribution in [0.25, 0.3) is 21.8 Å². The van der Waals surface area contributed by atoms with Crippen LogP contribution in [0.3, 0.4) is 0 Å². The second kappa shape index (κ2) is 5.59. The average Bonchev–Trinajstić information content (AvgIpc) is 3.06. The number of ether oxygens (including phenoxy) is 2. The molecule has 2 aliphatic rings. The monoisotopic (exact) mass is 349 g/mol. The molecule has 5 heteroatoms. The number of aromatic amines is 1. The molecule has 132 valence electrons. The molecule has 0 spiro atoms. The topological polar surface area (TPSA) is 55.2 Å². The number of para-hydroxylation sites is 1. The van der Waals surface area contributed by atoms with Crippen LogP contribution in [0.15, 0.2) is 48.4 Å². The maximum Gasteiger partial charge on any atom is 0.337 e. The van der Waals surface area contributed by atoms with Crippen molar-refractivity contribution >= 4 is 27.8 Å². The van der Waals surface area contributed by atoms with Crippen molar-refractivity contribution in [1.82, 2.24) is 4.98 Å². The van der Waals surface area contributed by atoms with Crippen LogP contribution in [-0.2, 0) is 27.2 Å². The van der Waals surface area contributed by atoms with E-state index in [1.54, 1.807) is 6.26 Å². The average molecular weight is 349 g/mol. The van der Waals surface area contributed by atoms with Gasteiger partial charge >= 0.3 is 5.97 Å². The van der Waals surface area contributed by atoms with Crippen molar-refractivity contribution in [1.29, 1.82) is 0 Å². The Bertz CT molecular complexity index is 1070. The third kappa shape index (κ3) is 2.09. The number of esters is 1. The fraction of sp³-hybridized carbons (Fsp3) is 0.333. The second-order valence-electron chi connectivity index (χ2n) is 7.25. The quantitative estimate of drug-likeness (QED) is 0.543. The standard InChI is InChI=1S/C21H20N2O3/c1-12-16-10-23-8-7-14-13-5-3-4-6-18(13)22-20(14)19(23)9-15(16)17(11-26-12)21(24)25-2/h3-8,11-12,15-16H,9-10H2,1-2H3/p+1/t12?,15-,16-/m0/s1. The first-order valence-electron chi connectivity index (χ1n) is 9.03. The van der Waals surface area contributed by atoms with Crippen molar-refractivity contribution in [3.63, 3.8) is 0 Å². The highest BCUT2D eigenvalue weighted by molar-refractivity contribution is 6.07. The molecular weight excluding hydrogens is 328 g/mol. The first-order chi connectivity index (χ1) is 12.7. The Morgan fingerprint density at radius 1 is 1.27 bits per heavy atom. The van der Waals surface area contributed by atoms with E-state index in [2.05, 4.69) is 46.9 Å². The van der Waals surface area contributed by atoms with Crippen molar-refractivity contribution < 1.29 is 18.8 Å². The lowest BCUT2D eigenvalue weighted by molar-refractivity contribution is -0.717. The Morgan fingerprint density at radius 2 is 2.12 bits per heavy atom. The van der Waals surface area contributed by atoms with E-state index in [0.29, 0.717) is 5.57 Å². The lowest BCUT2D eigenvalue weighted by Crippen LogP contribution is -2.53. The lowest BCUT2D eigenvalue weighted by Gasteiger charge is -2.36. The van der Waals surface area contributed by atoms with Crippen LogP contribution in [0.4, 0.5) is 0 Å². The minimum Gasteiger partial charge on any atom is -0.497 e. The van der Waals surface area contributed by atoms with Gasteiger partial charge in [-0.2, -0.15) is 0 Å². The van der Waals surface area contributed by atoms with Crippen molar-refractivity contribution in [3.05, 3.63) is 54.1 Å². The third-order valence-corrected chi connectivity index (χ3v) is 5.97. The van der Waals surface area contributed by atoms with Crippen molar-refractivity contribution in [2.45, 2.75) is 26.0 Å². The van der Waals surface area contributed by atoms with Crippen LogP contribution in [0.1, 0.15) is 12.6 Å². The van der Waals surface area contributed by atoms with Crippen LogP contribution >= 0.6 is 0 Å². The molecule has 2 aromatic heterocycles. The van der Waals surface area contributed by atoms with Crippen LogP contribution in [-0.4, -0.2) is 24.2 Å². The van der Waals surface area contributed by atoms with Crippen LogP contribution < -0.4 is 4.57 Å². The molecule has 0 amide bonds. The summed E-state index contributed by atoms with van der Waals surface area (Å²) < 4.78 is 13.0. The van der Waals surface area contributed by atoms with Crippen LogP contribution in [0.5, 0.6) is 0 Å². The van der Waals surface area contributed by atoms with Gasteiger partial charge in [0.2, 0.25) is 5.69 Å². The maximum absolute atomic E-state index is 12.3. The number of H-pyrrole nitrogens is 1. The molecule has 0 radical (unpaired) electrons. The molecular formula is C21H21N2O3+. The molecule has 3 atom stereocenters. The largest absolute Gasteiger partial charge is 0.497 e. The summed E-state index contributed by atoms with van der Waals surface area (Å²) in [7, 11) is 1.43. The summed E-state index contributed by atoms with van der Waals surface area (Å²) in [5.41, 5.74) is 4.19. The van der Waals surface area contributed by atoms with E-state index >= 15 is 0 Å². The number of carbonyl (C=O) groups is 1. The van der Waals surface area contributed by atoms with Crippen molar-refractivity contribution in [2.24, 2.45) is 11.8 Å². The summed E-state index contributed by atoms with van der Waals surface area (Å²) in [6.45, 7) is 2.91. The number of aromatic nitrogens is 2. The molecule has 1 unspecified atom stereocenters. The van der Waals surface area contributed by atoms with Gasteiger partial charge in [-0.1, -0.05) is 18.2 Å². The number of benzene rings is 1. The van der Waals surface area contributed by atoms with E-state index in [-0.39, 0.29) is 23.9 Å². The molecule has 2 aliphatic heterocycles. The smallest absolute Gasteiger partial charge is 0.337 e. The number of methoxy groups -OCH3 is 1. The summed E-state index contributed by atoms with van der Waals surface area (Å²) >= 11 is 0. The lowest BCUT2D eigenvalue weighted by atomic mass is 9.76. The summed E-state index contributed by atoms with van der Waals surface area (Å²) in [6.07, 6.45) is 4.64. The van der Waals surface area contributed by atoms with E-state index in [9.17, 15) is 4.79 Å². The van der Waals surface area contributed by atoms with Crippen LogP contribution in [0.2, 0.25) is 0 Å². The number of hydrogen-bond acceptors (Lipinski definition) is 3. The first kappa shape index (κ1) is 15.4. The summed E-state index contributed by atoms with van der Waals surface area (Å²) in [5, 5.41) is 2.46. The van der Waals surface area contributed by atoms with E-state index < -0.39 is 0 Å². The Hall–Kier alpha value is -2.82. The zero-order valence-corrected chi connectivity index (χ0v) is 14.9. The van der Waals surface area contributed by atoms with E-state index in [4.69, 9.17) is 9.47 Å². The van der Waals surface area contributed by atoms with Gasteiger partial charge in [-0.05, 0) is 13.0 Å². The highest BCUT2D eigenvalue weighted by Gasteiger charge is 2.45. The number of nitrogens with zero attached hydrogens (tertiary/aromatic N) is 1. The Balaban J connectivity index is 1.68. The van der Waals surface area contributed by atoms with Gasteiger partial charge < -0.3 is 14.5 Å². The SMILES string of the molecule is COC(=O)C1=COC(C)[C@@H]2C[n+]3ccc4c([nH]c5ccccc54)c3C[C@H]12. The predicted molar refractivity (Wildman–Crippen MR) is 97.3 cm³/mol. The molecule has 3 aromatic rings. The number of rotatable bonds is 1. The highest BCUT2D eigenvalue weighted by Crippen LogP contribution is 2.38. The zero-order chi connectivity index (χ0) is 17.8. The van der Waals surface area contributed by atoms with Gasteiger partial charge in [0.1, 0.15) is 11.6 Å². The van der Waals surface area contributed by atoms with Gasteiger partial charge in [0.25, 0.3) is 0 Å². The maximum atomic E-state index is 12.3. The molecule has 0 bridgehead atoms. The van der Waals surface area contributed by atoms with Gasteiger partial charge in [-0.15, -0.1) is 0 Å². The first-order valence-corrected chi connectivity index (χ1v) is 9.03. The van der Waals surface area contributed by atoms with E-state index in [1.807, 2.05) is 6.07 Å². The van der Waals surface area contributed by atoms with Gasteiger partial charge in [-0.25, -0.2) is 9.36 Å². The molecule has 0 saturated carbocycles. The molecule has 4 heterocycles. The number of carbonyl (C=O) groups excluding carboxylic acids is 1. The van der Waals surface area contributed by atoms with E-state index in [1.165, 1.54) is 23.6 Å². The number of pyridine rings is 1. The summed E-state index contributed by atoms with van der Waals surface area (Å²) in [6, 6.07) is 10.5. The Kier molecular flexibility index (Phi) is 3.32. The van der Waals surface area contributed by atoms with Gasteiger partial charge in [0.15, 0.2) is 12.7 Å². The normalized spacial score (nSPS) is 24.5. The molecule has 5 nitrogen and oxygen atoms in total. The highest BCUT2D eigenvalue weighted by atomic mass is 16.5. The van der Waals surface area contributed by atoms with Gasteiger partial charge in [-0.3, -0.25) is 0 Å².